The molecule has 3 aromatic rings. The standard InChI is InChI=1S/C23H25N3O4/c1-4-30-16-7-5-6-15(12-16)21-18-19(17-11-13(2)10-14(3)22(17)28)24-25-20(18)23(29)26(21)8-9-27/h5-7,10-12,21,27-28H,4,8-9H2,1-3H3,(H,24,25)/t21-/m0/s1. The van der Waals surface area contributed by atoms with E-state index < -0.39 is 6.04 Å². The van der Waals surface area contributed by atoms with Crippen LogP contribution in [0.3, 0.4) is 0 Å². The average molecular weight is 407 g/mol. The highest BCUT2D eigenvalue weighted by molar-refractivity contribution is 6.00. The number of aromatic nitrogens is 2. The van der Waals surface area contributed by atoms with Gasteiger partial charge in [-0.3, -0.25) is 9.89 Å². The lowest BCUT2D eigenvalue weighted by atomic mass is 9.94. The number of β-amino-alcohol motifs (C(OH)–C–C–N with tert-alkyl or cyclic N) is 1. The Morgan fingerprint density at radius 2 is 2.03 bits per heavy atom. The van der Waals surface area contributed by atoms with Gasteiger partial charge in [-0.25, -0.2) is 0 Å². The van der Waals surface area contributed by atoms with E-state index >= 15 is 0 Å². The van der Waals surface area contributed by atoms with Gasteiger partial charge < -0.3 is 19.8 Å². The smallest absolute Gasteiger partial charge is 0.273 e. The molecule has 1 atom stereocenters. The van der Waals surface area contributed by atoms with Crippen molar-refractivity contribution in [2.24, 2.45) is 0 Å². The number of hydrogen-bond donors (Lipinski definition) is 3. The average Bonchev–Trinajstić information content (AvgIpc) is 3.25. The summed E-state index contributed by atoms with van der Waals surface area (Å²) >= 11 is 0. The number of phenolic OH excluding ortho intramolecular Hbond substituents is 1. The molecule has 2 aromatic carbocycles. The molecule has 1 amide bonds. The summed E-state index contributed by atoms with van der Waals surface area (Å²) in [6, 6.07) is 10.9. The van der Waals surface area contributed by atoms with E-state index in [1.165, 1.54) is 0 Å². The molecule has 30 heavy (non-hydrogen) atoms. The summed E-state index contributed by atoms with van der Waals surface area (Å²) in [6.45, 7) is 6.27. The first-order valence-corrected chi connectivity index (χ1v) is 9.99. The number of aliphatic hydroxyl groups is 1. The molecule has 7 nitrogen and oxygen atoms in total. The zero-order valence-electron chi connectivity index (χ0n) is 17.3. The molecular formula is C23H25N3O4. The second-order valence-electron chi connectivity index (χ2n) is 7.47. The van der Waals surface area contributed by atoms with Gasteiger partial charge in [-0.2, -0.15) is 5.10 Å². The van der Waals surface area contributed by atoms with E-state index in [1.807, 2.05) is 57.2 Å². The molecule has 1 aromatic heterocycles. The quantitative estimate of drug-likeness (QED) is 0.582. The predicted molar refractivity (Wildman–Crippen MR) is 113 cm³/mol. The number of aromatic amines is 1. The summed E-state index contributed by atoms with van der Waals surface area (Å²) < 4.78 is 5.65. The highest BCUT2D eigenvalue weighted by Crippen LogP contribution is 2.45. The monoisotopic (exact) mass is 407 g/mol. The van der Waals surface area contributed by atoms with Crippen LogP contribution in [-0.2, 0) is 0 Å². The lowest BCUT2D eigenvalue weighted by Crippen LogP contribution is -2.32. The number of nitrogens with one attached hydrogen (secondary N) is 1. The maximum Gasteiger partial charge on any atom is 0.273 e. The molecule has 0 bridgehead atoms. The van der Waals surface area contributed by atoms with Gasteiger partial charge in [-0.1, -0.05) is 18.2 Å². The number of carbonyl (C=O) groups excluding carboxylic acids is 1. The van der Waals surface area contributed by atoms with Crippen molar-refractivity contribution in [1.29, 1.82) is 0 Å². The summed E-state index contributed by atoms with van der Waals surface area (Å²) in [7, 11) is 0. The number of phenols is 1. The number of rotatable bonds is 6. The van der Waals surface area contributed by atoms with Crippen molar-refractivity contribution in [3.63, 3.8) is 0 Å². The zero-order valence-corrected chi connectivity index (χ0v) is 17.3. The largest absolute Gasteiger partial charge is 0.507 e. The maximum absolute atomic E-state index is 13.1. The number of carbonyl (C=O) groups is 1. The van der Waals surface area contributed by atoms with E-state index in [4.69, 9.17) is 4.74 Å². The molecule has 7 heteroatoms. The Kier molecular flexibility index (Phi) is 5.22. The number of aryl methyl sites for hydroxylation is 2. The molecule has 4 rings (SSSR count). The van der Waals surface area contributed by atoms with Gasteiger partial charge >= 0.3 is 0 Å². The van der Waals surface area contributed by atoms with Gasteiger partial charge in [0.05, 0.1) is 19.3 Å². The highest BCUT2D eigenvalue weighted by atomic mass is 16.5. The number of nitrogens with zero attached hydrogens (tertiary/aromatic N) is 2. The lowest BCUT2D eigenvalue weighted by Gasteiger charge is -2.26. The first-order chi connectivity index (χ1) is 14.5. The van der Waals surface area contributed by atoms with Gasteiger partial charge in [-0.05, 0) is 55.7 Å². The third kappa shape index (κ3) is 3.21. The molecule has 0 radical (unpaired) electrons. The first-order valence-electron chi connectivity index (χ1n) is 9.99. The first kappa shape index (κ1) is 20.0. The van der Waals surface area contributed by atoms with Gasteiger partial charge in [0.1, 0.15) is 22.9 Å². The Bertz CT molecular complexity index is 1110. The van der Waals surface area contributed by atoms with Crippen LogP contribution in [0.15, 0.2) is 36.4 Å². The Hall–Kier alpha value is -3.32. The van der Waals surface area contributed by atoms with Crippen LogP contribution < -0.4 is 4.74 Å². The van der Waals surface area contributed by atoms with Crippen molar-refractivity contribution in [2.45, 2.75) is 26.8 Å². The molecule has 0 saturated carbocycles. The topological polar surface area (TPSA) is 98.7 Å². The molecule has 1 aliphatic heterocycles. The number of hydrogen-bond acceptors (Lipinski definition) is 5. The number of benzene rings is 2. The van der Waals surface area contributed by atoms with Crippen LogP contribution in [0.1, 0.15) is 45.7 Å². The molecule has 3 N–H and O–H groups in total. The number of H-pyrrole nitrogens is 1. The molecule has 156 valence electrons. The van der Waals surface area contributed by atoms with Gasteiger partial charge in [-0.15, -0.1) is 0 Å². The summed E-state index contributed by atoms with van der Waals surface area (Å²) in [5.74, 6) is 0.623. The number of amides is 1. The van der Waals surface area contributed by atoms with Gasteiger partial charge in [0.15, 0.2) is 0 Å². The summed E-state index contributed by atoms with van der Waals surface area (Å²) in [4.78, 5) is 14.7. The third-order valence-electron chi connectivity index (χ3n) is 5.39. The van der Waals surface area contributed by atoms with E-state index in [0.29, 0.717) is 34.9 Å². The minimum absolute atomic E-state index is 0.143. The van der Waals surface area contributed by atoms with E-state index in [-0.39, 0.29) is 24.8 Å². The van der Waals surface area contributed by atoms with Crippen LogP contribution in [0.5, 0.6) is 11.5 Å². The van der Waals surface area contributed by atoms with Crippen molar-refractivity contribution >= 4 is 5.91 Å². The number of ether oxygens (including phenoxy) is 1. The SMILES string of the molecule is CCOc1cccc([C@H]2c3c(-c4cc(C)cc(C)c4O)n[nH]c3C(=O)N2CCO)c1. The minimum atomic E-state index is -0.450. The molecule has 0 aliphatic carbocycles. The third-order valence-corrected chi connectivity index (χ3v) is 5.39. The van der Waals surface area contributed by atoms with Crippen LogP contribution in [-0.4, -0.2) is 51.0 Å². The minimum Gasteiger partial charge on any atom is -0.507 e. The number of fused-ring (bicyclic) bond motifs is 1. The van der Waals surface area contributed by atoms with Gasteiger partial charge in [0.2, 0.25) is 0 Å². The van der Waals surface area contributed by atoms with Gasteiger partial charge in [0, 0.05) is 17.7 Å². The second kappa shape index (κ2) is 7.84. The van der Waals surface area contributed by atoms with Crippen LogP contribution in [0.4, 0.5) is 0 Å². The predicted octanol–water partition coefficient (Wildman–Crippen LogP) is 3.34. The fourth-order valence-electron chi connectivity index (χ4n) is 4.17. The summed E-state index contributed by atoms with van der Waals surface area (Å²) in [5.41, 5.74) is 4.78. The molecule has 0 saturated heterocycles. The lowest BCUT2D eigenvalue weighted by molar-refractivity contribution is 0.0706. The summed E-state index contributed by atoms with van der Waals surface area (Å²) in [6.07, 6.45) is 0. The fraction of sp³-hybridized carbons (Fsp3) is 0.304. The molecule has 0 unspecified atom stereocenters. The Morgan fingerprint density at radius 3 is 2.77 bits per heavy atom. The van der Waals surface area contributed by atoms with Crippen molar-refractivity contribution in [1.82, 2.24) is 15.1 Å². The zero-order chi connectivity index (χ0) is 21.4. The Balaban J connectivity index is 1.92. The van der Waals surface area contributed by atoms with Crippen molar-refractivity contribution in [3.05, 3.63) is 64.3 Å². The van der Waals surface area contributed by atoms with Crippen molar-refractivity contribution < 1.29 is 19.7 Å². The molecular weight excluding hydrogens is 382 g/mol. The summed E-state index contributed by atoms with van der Waals surface area (Å²) in [5, 5.41) is 27.6. The van der Waals surface area contributed by atoms with Crippen LogP contribution in [0, 0.1) is 13.8 Å². The van der Waals surface area contributed by atoms with E-state index in [1.54, 1.807) is 4.90 Å². The normalized spacial score (nSPS) is 15.5. The number of aliphatic hydroxyl groups excluding tert-OH is 1. The van der Waals surface area contributed by atoms with Crippen LogP contribution in [0.2, 0.25) is 0 Å². The Morgan fingerprint density at radius 1 is 1.23 bits per heavy atom. The van der Waals surface area contributed by atoms with Gasteiger partial charge in [0.25, 0.3) is 5.91 Å². The number of aromatic hydroxyl groups is 1. The Labute approximate surface area is 174 Å². The second-order valence-corrected chi connectivity index (χ2v) is 7.47. The van der Waals surface area contributed by atoms with Crippen molar-refractivity contribution in [2.75, 3.05) is 19.8 Å². The molecule has 0 spiro atoms. The van der Waals surface area contributed by atoms with E-state index in [9.17, 15) is 15.0 Å². The van der Waals surface area contributed by atoms with Crippen LogP contribution >= 0.6 is 0 Å². The van der Waals surface area contributed by atoms with Crippen molar-refractivity contribution in [3.8, 4) is 22.8 Å². The fourth-order valence-corrected chi connectivity index (χ4v) is 4.17. The molecule has 1 aliphatic rings. The molecule has 2 heterocycles. The van der Waals surface area contributed by atoms with E-state index in [0.717, 1.165) is 16.7 Å². The highest BCUT2D eigenvalue weighted by Gasteiger charge is 2.42. The van der Waals surface area contributed by atoms with Crippen LogP contribution in [0.25, 0.3) is 11.3 Å². The maximum atomic E-state index is 13.1. The molecule has 0 fully saturated rings. The van der Waals surface area contributed by atoms with E-state index in [2.05, 4.69) is 10.2 Å².